The van der Waals surface area contributed by atoms with Crippen LogP contribution in [-0.4, -0.2) is 56.1 Å². The van der Waals surface area contributed by atoms with Gasteiger partial charge in [0.25, 0.3) is 15.9 Å². The fourth-order valence-electron chi connectivity index (χ4n) is 4.38. The van der Waals surface area contributed by atoms with E-state index >= 15 is 0 Å². The van der Waals surface area contributed by atoms with Crippen molar-refractivity contribution in [1.29, 1.82) is 0 Å². The molecule has 5 rings (SSSR count). The van der Waals surface area contributed by atoms with Gasteiger partial charge < -0.3 is 19.9 Å². The zero-order valence-electron chi connectivity index (χ0n) is 24.5. The number of hydrogen-bond donors (Lipinski definition) is 5. The van der Waals surface area contributed by atoms with Crippen LogP contribution in [0.3, 0.4) is 0 Å². The second kappa shape index (κ2) is 13.7. The number of fused-ring (bicyclic) bond motifs is 1. The molecule has 12 nitrogen and oxygen atoms in total. The number of hydroxylamine groups is 1. The molecule has 0 fully saturated rings. The van der Waals surface area contributed by atoms with Crippen molar-refractivity contribution in [3.63, 3.8) is 0 Å². The highest BCUT2D eigenvalue weighted by Gasteiger charge is 2.19. The number of H-pyrrole nitrogens is 1. The first-order valence-corrected chi connectivity index (χ1v) is 15.9. The summed E-state index contributed by atoms with van der Waals surface area (Å²) < 4.78 is 33.9. The van der Waals surface area contributed by atoms with Crippen LogP contribution in [0.2, 0.25) is 10.0 Å². The molecule has 0 aliphatic rings. The third kappa shape index (κ3) is 7.51. The van der Waals surface area contributed by atoms with Gasteiger partial charge in [0, 0.05) is 36.7 Å². The number of hydrogen-bond acceptors (Lipinski definition) is 8. The SMILES string of the molecule is CN(C)c1ccc2nc(-c3cc(NC(=O)c4ccc(S(=O)(=O)Nc5ccc(OCCC(=O)NO)cc5)cc4Cl)ccc3Cl)[nH]c2c1. The van der Waals surface area contributed by atoms with Crippen LogP contribution in [0.4, 0.5) is 17.1 Å². The second-order valence-corrected chi connectivity index (χ2v) is 12.7. The van der Waals surface area contributed by atoms with Crippen LogP contribution in [-0.2, 0) is 14.8 Å². The molecular formula is C31H28Cl2N6O6S. The summed E-state index contributed by atoms with van der Waals surface area (Å²) in [6, 6.07) is 20.6. The van der Waals surface area contributed by atoms with Gasteiger partial charge in [-0.3, -0.25) is 19.5 Å². The van der Waals surface area contributed by atoms with E-state index in [4.69, 9.17) is 33.1 Å². The number of nitrogens with zero attached hydrogens (tertiary/aromatic N) is 2. The van der Waals surface area contributed by atoms with Crippen molar-refractivity contribution in [2.24, 2.45) is 0 Å². The topological polar surface area (TPSA) is 166 Å². The average molecular weight is 684 g/mol. The lowest BCUT2D eigenvalue weighted by molar-refractivity contribution is -0.129. The largest absolute Gasteiger partial charge is 0.493 e. The quantitative estimate of drug-likeness (QED) is 0.0844. The van der Waals surface area contributed by atoms with Gasteiger partial charge in [0.1, 0.15) is 11.6 Å². The van der Waals surface area contributed by atoms with Crippen LogP contribution in [0.25, 0.3) is 22.4 Å². The fourth-order valence-corrected chi connectivity index (χ4v) is 6.01. The zero-order valence-corrected chi connectivity index (χ0v) is 26.8. The van der Waals surface area contributed by atoms with E-state index < -0.39 is 21.8 Å². The normalized spacial score (nSPS) is 11.2. The number of amides is 2. The Bertz CT molecular complexity index is 2030. The molecule has 0 bridgehead atoms. The number of sulfonamides is 1. The Morgan fingerprint density at radius 3 is 2.37 bits per heavy atom. The van der Waals surface area contributed by atoms with E-state index in [1.165, 1.54) is 47.9 Å². The minimum atomic E-state index is -4.06. The molecule has 0 unspecified atom stereocenters. The van der Waals surface area contributed by atoms with Gasteiger partial charge in [0.2, 0.25) is 5.91 Å². The fraction of sp³-hybridized carbons (Fsp3) is 0.129. The highest BCUT2D eigenvalue weighted by Crippen LogP contribution is 2.32. The molecule has 0 aliphatic carbocycles. The number of imidazole rings is 1. The first-order chi connectivity index (χ1) is 21.9. The summed E-state index contributed by atoms with van der Waals surface area (Å²) in [5.41, 5.74) is 5.42. The zero-order chi connectivity index (χ0) is 33.0. The van der Waals surface area contributed by atoms with Crippen molar-refractivity contribution in [3.05, 3.63) is 94.5 Å². The van der Waals surface area contributed by atoms with Crippen LogP contribution in [0.15, 0.2) is 83.8 Å². The summed E-state index contributed by atoms with van der Waals surface area (Å²) in [5.74, 6) is -0.219. The lowest BCUT2D eigenvalue weighted by Gasteiger charge is -2.12. The first kappa shape index (κ1) is 32.6. The molecule has 0 atom stereocenters. The van der Waals surface area contributed by atoms with Crippen molar-refractivity contribution >= 4 is 73.1 Å². The molecule has 1 heterocycles. The number of benzene rings is 4. The van der Waals surface area contributed by atoms with Crippen molar-refractivity contribution in [2.75, 3.05) is 35.6 Å². The van der Waals surface area contributed by atoms with Crippen LogP contribution in [0.1, 0.15) is 16.8 Å². The monoisotopic (exact) mass is 682 g/mol. The minimum Gasteiger partial charge on any atom is -0.493 e. The van der Waals surface area contributed by atoms with Gasteiger partial charge in [-0.15, -0.1) is 0 Å². The maximum absolute atomic E-state index is 13.2. The maximum atomic E-state index is 13.2. The van der Waals surface area contributed by atoms with Gasteiger partial charge in [-0.1, -0.05) is 23.2 Å². The number of carbonyl (C=O) groups is 2. The molecule has 0 radical (unpaired) electrons. The molecule has 0 aliphatic heterocycles. The Balaban J connectivity index is 1.27. The second-order valence-electron chi connectivity index (χ2n) is 10.2. The number of ether oxygens (including phenoxy) is 1. The summed E-state index contributed by atoms with van der Waals surface area (Å²) in [6.07, 6.45) is -0.0545. The number of halogens is 2. The Morgan fingerprint density at radius 2 is 1.67 bits per heavy atom. The maximum Gasteiger partial charge on any atom is 0.261 e. The Morgan fingerprint density at radius 1 is 0.935 bits per heavy atom. The number of aromatic amines is 1. The van der Waals surface area contributed by atoms with Crippen molar-refractivity contribution in [3.8, 4) is 17.1 Å². The molecule has 0 saturated carbocycles. The lowest BCUT2D eigenvalue weighted by atomic mass is 10.1. The molecule has 5 N–H and O–H groups in total. The minimum absolute atomic E-state index is 0.0222. The van der Waals surface area contributed by atoms with E-state index in [1.54, 1.807) is 18.2 Å². The number of aromatic nitrogens is 2. The van der Waals surface area contributed by atoms with E-state index in [9.17, 15) is 18.0 Å². The smallest absolute Gasteiger partial charge is 0.261 e. The summed E-state index contributed by atoms with van der Waals surface area (Å²) in [5, 5.41) is 11.7. The average Bonchev–Trinajstić information content (AvgIpc) is 3.46. The van der Waals surface area contributed by atoms with E-state index in [0.717, 1.165) is 16.7 Å². The Hall–Kier alpha value is -4.82. The molecule has 0 spiro atoms. The van der Waals surface area contributed by atoms with Crippen LogP contribution >= 0.6 is 23.2 Å². The van der Waals surface area contributed by atoms with Crippen molar-refractivity contribution in [1.82, 2.24) is 15.4 Å². The number of carbonyl (C=O) groups excluding carboxylic acids is 2. The van der Waals surface area contributed by atoms with E-state index in [-0.39, 0.29) is 34.2 Å². The predicted molar refractivity (Wildman–Crippen MR) is 178 cm³/mol. The number of anilines is 3. The highest BCUT2D eigenvalue weighted by atomic mass is 35.5. The molecular weight excluding hydrogens is 655 g/mol. The number of rotatable bonds is 11. The summed E-state index contributed by atoms with van der Waals surface area (Å²) in [6.45, 7) is 0.0222. The van der Waals surface area contributed by atoms with Crippen molar-refractivity contribution < 1.29 is 28.0 Å². The van der Waals surface area contributed by atoms with Crippen LogP contribution < -0.4 is 25.2 Å². The van der Waals surface area contributed by atoms with Gasteiger partial charge in [0.15, 0.2) is 0 Å². The van der Waals surface area contributed by atoms with Gasteiger partial charge >= 0.3 is 0 Å². The summed E-state index contributed by atoms with van der Waals surface area (Å²) in [7, 11) is -0.162. The molecule has 0 saturated heterocycles. The number of nitrogens with one attached hydrogen (secondary N) is 4. The Labute approximate surface area is 274 Å². The molecule has 1 aromatic heterocycles. The van der Waals surface area contributed by atoms with Gasteiger partial charge in [0.05, 0.1) is 44.6 Å². The third-order valence-corrected chi connectivity index (χ3v) is 8.81. The van der Waals surface area contributed by atoms with Gasteiger partial charge in [-0.25, -0.2) is 18.9 Å². The highest BCUT2D eigenvalue weighted by molar-refractivity contribution is 7.92. The third-order valence-electron chi connectivity index (χ3n) is 6.79. The first-order valence-electron chi connectivity index (χ1n) is 13.7. The molecule has 5 aromatic rings. The van der Waals surface area contributed by atoms with Crippen molar-refractivity contribution in [2.45, 2.75) is 11.3 Å². The van der Waals surface area contributed by atoms with Crippen LogP contribution in [0.5, 0.6) is 5.75 Å². The molecule has 4 aromatic carbocycles. The lowest BCUT2D eigenvalue weighted by Crippen LogP contribution is -2.20. The van der Waals surface area contributed by atoms with Crippen LogP contribution in [0, 0.1) is 0 Å². The van der Waals surface area contributed by atoms with E-state index in [1.807, 2.05) is 37.2 Å². The predicted octanol–water partition coefficient (Wildman–Crippen LogP) is 5.93. The van der Waals surface area contributed by atoms with E-state index in [0.29, 0.717) is 27.8 Å². The van der Waals surface area contributed by atoms with E-state index in [2.05, 4.69) is 20.0 Å². The molecule has 238 valence electrons. The molecule has 15 heteroatoms. The standard InChI is InChI=1S/C31H28Cl2N6O6S/c1-39(2)20-6-12-27-28(16-20)36-30(35-27)24-15-19(5-11-25(24)32)34-31(41)23-10-9-22(17-26(23)33)46(43,44)38-18-3-7-21(8-4-18)45-14-13-29(40)37-42/h3-12,15-17,38,42H,13-14H2,1-2H3,(H,34,41)(H,35,36)(H,37,40). The molecule has 46 heavy (non-hydrogen) atoms. The Kier molecular flexibility index (Phi) is 9.68. The van der Waals surface area contributed by atoms with Gasteiger partial charge in [-0.2, -0.15) is 0 Å². The van der Waals surface area contributed by atoms with Gasteiger partial charge in [-0.05, 0) is 78.9 Å². The summed E-state index contributed by atoms with van der Waals surface area (Å²) >= 11 is 12.9. The summed E-state index contributed by atoms with van der Waals surface area (Å²) in [4.78, 5) is 34.0. The molecule has 2 amide bonds.